The average molecular weight is 233 g/mol. The van der Waals surface area contributed by atoms with Crippen molar-refractivity contribution in [3.8, 4) is 0 Å². The van der Waals surface area contributed by atoms with Gasteiger partial charge in [-0.1, -0.05) is 12.2 Å². The van der Waals surface area contributed by atoms with Gasteiger partial charge in [-0.2, -0.15) is 0 Å². The van der Waals surface area contributed by atoms with Crippen LogP contribution in [0.1, 0.15) is 6.92 Å². The maximum atomic E-state index is 11.3. The number of amides is 3. The fraction of sp³-hybridized carbons (Fsp3) is 0.556. The van der Waals surface area contributed by atoms with Crippen LogP contribution in [0.15, 0.2) is 12.2 Å². The number of allylic oxidation sites excluding steroid dienone is 1. The molecule has 0 bridgehead atoms. The molecule has 0 saturated heterocycles. The molecule has 0 aromatic heterocycles. The summed E-state index contributed by atoms with van der Waals surface area (Å²) in [5, 5.41) is -0.152. The number of carbonyl (C=O) groups is 2. The van der Waals surface area contributed by atoms with Crippen LogP contribution in [-0.4, -0.2) is 35.6 Å². The number of ether oxygens (including phenoxy) is 1. The van der Waals surface area contributed by atoms with Crippen molar-refractivity contribution >= 4 is 23.7 Å². The van der Waals surface area contributed by atoms with Crippen LogP contribution < -0.4 is 5.73 Å². The van der Waals surface area contributed by atoms with Crippen LogP contribution in [0, 0.1) is 5.92 Å². The Morgan fingerprint density at radius 1 is 1.53 bits per heavy atom. The number of urea groups is 1. The van der Waals surface area contributed by atoms with E-state index >= 15 is 0 Å². The minimum absolute atomic E-state index is 0.0384. The monoisotopic (exact) mass is 232 g/mol. The van der Waals surface area contributed by atoms with Crippen LogP contribution in [0.2, 0.25) is 0 Å². The maximum Gasteiger partial charge on any atom is 0.417 e. The number of halogens is 1. The Morgan fingerprint density at radius 2 is 2.20 bits per heavy atom. The van der Waals surface area contributed by atoms with Crippen molar-refractivity contribution in [1.82, 2.24) is 4.90 Å². The Morgan fingerprint density at radius 3 is 2.53 bits per heavy atom. The molecule has 0 heterocycles. The Kier molecular flexibility index (Phi) is 3.96. The topological polar surface area (TPSA) is 72.6 Å². The molecule has 0 aliphatic heterocycles. The highest BCUT2D eigenvalue weighted by Crippen LogP contribution is 2.24. The molecule has 2 N–H and O–H groups in total. The van der Waals surface area contributed by atoms with E-state index in [1.165, 1.54) is 0 Å². The average Bonchev–Trinajstić information content (AvgIpc) is 2.16. The van der Waals surface area contributed by atoms with E-state index in [1.54, 1.807) is 13.0 Å². The largest absolute Gasteiger partial charge is 0.449 e. The first-order valence-corrected chi connectivity index (χ1v) is 5.06. The van der Waals surface area contributed by atoms with Gasteiger partial charge in [0.1, 0.15) is 0 Å². The Hall–Kier alpha value is -1.23. The molecule has 3 amide bonds. The quantitative estimate of drug-likeness (QED) is 0.589. The van der Waals surface area contributed by atoms with Crippen molar-refractivity contribution in [1.29, 1.82) is 0 Å². The molecule has 15 heavy (non-hydrogen) atoms. The van der Waals surface area contributed by atoms with Gasteiger partial charge < -0.3 is 10.5 Å². The van der Waals surface area contributed by atoms with E-state index in [-0.39, 0.29) is 24.4 Å². The van der Waals surface area contributed by atoms with Crippen molar-refractivity contribution in [3.63, 3.8) is 0 Å². The number of nitrogens with zero attached hydrogens (tertiary/aromatic N) is 1. The summed E-state index contributed by atoms with van der Waals surface area (Å²) in [5.41, 5.74) is 5.06. The third-order valence-electron chi connectivity index (χ3n) is 2.10. The van der Waals surface area contributed by atoms with E-state index in [9.17, 15) is 9.59 Å². The second-order valence-electron chi connectivity index (χ2n) is 3.14. The first-order valence-electron chi connectivity index (χ1n) is 4.62. The van der Waals surface area contributed by atoms with Gasteiger partial charge in [0, 0.05) is 12.5 Å². The van der Waals surface area contributed by atoms with Gasteiger partial charge in [0.25, 0.3) is 0 Å². The highest BCUT2D eigenvalue weighted by Gasteiger charge is 2.29. The molecular weight excluding hydrogens is 220 g/mol. The smallest absolute Gasteiger partial charge is 0.417 e. The molecule has 1 aliphatic carbocycles. The first kappa shape index (κ1) is 11.8. The summed E-state index contributed by atoms with van der Waals surface area (Å²) in [5.74, 6) is -0.0384. The van der Waals surface area contributed by atoms with E-state index in [0.29, 0.717) is 0 Å². The van der Waals surface area contributed by atoms with Gasteiger partial charge in [-0.3, -0.25) is 0 Å². The van der Waals surface area contributed by atoms with E-state index in [0.717, 1.165) is 4.90 Å². The van der Waals surface area contributed by atoms with Gasteiger partial charge in [-0.25, -0.2) is 14.5 Å². The first-order chi connectivity index (χ1) is 7.06. The van der Waals surface area contributed by atoms with Crippen molar-refractivity contribution in [2.24, 2.45) is 11.7 Å². The highest BCUT2D eigenvalue weighted by molar-refractivity contribution is 6.22. The summed E-state index contributed by atoms with van der Waals surface area (Å²) in [6.07, 6.45) is 2.89. The predicted octanol–water partition coefficient (Wildman–Crippen LogP) is 1.32. The second kappa shape index (κ2) is 5.02. The molecule has 1 rings (SSSR count). The number of rotatable bonds is 3. The van der Waals surface area contributed by atoms with Crippen LogP contribution in [0.25, 0.3) is 0 Å². The fourth-order valence-corrected chi connectivity index (χ4v) is 1.43. The minimum atomic E-state index is -0.822. The Balaban J connectivity index is 2.54. The number of hydrogen-bond donors (Lipinski definition) is 1. The molecule has 0 fully saturated rings. The molecule has 1 aliphatic rings. The number of nitrogens with two attached hydrogens (primary N) is 1. The zero-order valence-electron chi connectivity index (χ0n) is 8.35. The number of hydrogen-bond acceptors (Lipinski definition) is 3. The normalized spacial score (nSPS) is 23.1. The summed E-state index contributed by atoms with van der Waals surface area (Å²) in [4.78, 5) is 23.1. The third-order valence-corrected chi connectivity index (χ3v) is 2.57. The van der Waals surface area contributed by atoms with Crippen molar-refractivity contribution in [2.75, 3.05) is 13.2 Å². The lowest BCUT2D eigenvalue weighted by atomic mass is 9.94. The van der Waals surface area contributed by atoms with Crippen LogP contribution >= 0.6 is 11.6 Å². The fourth-order valence-electron chi connectivity index (χ4n) is 1.18. The standard InChI is InChI=1S/C9H13ClN2O3/c1-2-15-9(14)12(8(11)13)5-6-3-4-7(6)10/h3-4,6-7H,2,5H2,1H3,(H2,11,13)/t6-,7+/m1/s1. The summed E-state index contributed by atoms with van der Waals surface area (Å²) >= 11 is 5.83. The van der Waals surface area contributed by atoms with E-state index < -0.39 is 12.1 Å². The minimum Gasteiger partial charge on any atom is -0.449 e. The second-order valence-corrected chi connectivity index (χ2v) is 3.64. The van der Waals surface area contributed by atoms with Crippen molar-refractivity contribution < 1.29 is 14.3 Å². The van der Waals surface area contributed by atoms with Crippen molar-refractivity contribution in [3.05, 3.63) is 12.2 Å². The van der Waals surface area contributed by atoms with E-state index in [1.807, 2.05) is 6.08 Å². The zero-order chi connectivity index (χ0) is 11.4. The van der Waals surface area contributed by atoms with Crippen LogP contribution in [0.3, 0.4) is 0 Å². The molecule has 0 spiro atoms. The molecule has 0 aromatic carbocycles. The highest BCUT2D eigenvalue weighted by atomic mass is 35.5. The van der Waals surface area contributed by atoms with Crippen LogP contribution in [0.4, 0.5) is 9.59 Å². The van der Waals surface area contributed by atoms with E-state index in [2.05, 4.69) is 4.74 Å². The van der Waals surface area contributed by atoms with Crippen LogP contribution in [-0.2, 0) is 4.74 Å². The summed E-state index contributed by atoms with van der Waals surface area (Å²) in [6.45, 7) is 2.02. The van der Waals surface area contributed by atoms with E-state index in [4.69, 9.17) is 17.3 Å². The lowest BCUT2D eigenvalue weighted by Gasteiger charge is -2.28. The summed E-state index contributed by atoms with van der Waals surface area (Å²) < 4.78 is 4.69. The van der Waals surface area contributed by atoms with Gasteiger partial charge in [-0.15, -0.1) is 11.6 Å². The molecule has 0 saturated carbocycles. The number of carbonyl (C=O) groups excluding carboxylic acids is 2. The van der Waals surface area contributed by atoms with Gasteiger partial charge in [0.2, 0.25) is 0 Å². The molecule has 2 atom stereocenters. The Bertz CT molecular complexity index is 293. The molecule has 0 aromatic rings. The Labute approximate surface area is 92.8 Å². The molecular formula is C9H13ClN2O3. The number of imide groups is 1. The number of primary amides is 1. The van der Waals surface area contributed by atoms with Crippen molar-refractivity contribution in [2.45, 2.75) is 12.3 Å². The number of alkyl halides is 1. The molecule has 0 unspecified atom stereocenters. The molecule has 6 heteroatoms. The molecule has 0 radical (unpaired) electrons. The summed E-state index contributed by atoms with van der Waals surface area (Å²) in [7, 11) is 0. The van der Waals surface area contributed by atoms with Gasteiger partial charge in [0.15, 0.2) is 0 Å². The van der Waals surface area contributed by atoms with Gasteiger partial charge in [-0.05, 0) is 6.92 Å². The van der Waals surface area contributed by atoms with Crippen LogP contribution in [0.5, 0.6) is 0 Å². The predicted molar refractivity (Wildman–Crippen MR) is 55.6 cm³/mol. The maximum absolute atomic E-state index is 11.3. The zero-order valence-corrected chi connectivity index (χ0v) is 9.11. The lowest BCUT2D eigenvalue weighted by Crippen LogP contribution is -2.46. The summed E-state index contributed by atoms with van der Waals surface area (Å²) in [6, 6.07) is -0.822. The lowest BCUT2D eigenvalue weighted by molar-refractivity contribution is 0.113. The third kappa shape index (κ3) is 2.86. The molecule has 84 valence electrons. The molecule has 5 nitrogen and oxygen atoms in total. The SMILES string of the molecule is CCOC(=O)N(C[C@H]1C=C[C@@H]1Cl)C(N)=O. The van der Waals surface area contributed by atoms with Gasteiger partial charge >= 0.3 is 12.1 Å². The van der Waals surface area contributed by atoms with Gasteiger partial charge in [0.05, 0.1) is 12.0 Å².